The highest BCUT2D eigenvalue weighted by atomic mass is 79.9. The molecule has 1 heterocycles. The molecule has 10 heteroatoms. The Hall–Kier alpha value is -2.10. The summed E-state index contributed by atoms with van der Waals surface area (Å²) in [4.78, 5) is 41.4. The van der Waals surface area contributed by atoms with Gasteiger partial charge in [-0.3, -0.25) is 24.0 Å². The van der Waals surface area contributed by atoms with Crippen LogP contribution >= 0.6 is 27.5 Å². The van der Waals surface area contributed by atoms with E-state index >= 15 is 0 Å². The minimum absolute atomic E-state index is 0.0470. The summed E-state index contributed by atoms with van der Waals surface area (Å²) >= 11 is 9.50. The van der Waals surface area contributed by atoms with Crippen molar-refractivity contribution in [3.63, 3.8) is 0 Å². The molecule has 0 aliphatic rings. The monoisotopic (exact) mass is 472 g/mol. The number of carbonyl (C=O) groups excluding carboxylic acids is 1. The average molecular weight is 474 g/mol. The average Bonchev–Trinajstić information content (AvgIpc) is 2.62. The second-order valence-corrected chi connectivity index (χ2v) is 7.89. The molecule has 0 saturated carbocycles. The van der Waals surface area contributed by atoms with Crippen LogP contribution in [0.1, 0.15) is 24.2 Å². The van der Waals surface area contributed by atoms with Gasteiger partial charge in [0.15, 0.2) is 5.69 Å². The lowest BCUT2D eigenvalue weighted by atomic mass is 10.2. The van der Waals surface area contributed by atoms with E-state index in [4.69, 9.17) is 22.1 Å². The van der Waals surface area contributed by atoms with Crippen molar-refractivity contribution < 1.29 is 9.53 Å². The Balaban J connectivity index is 2.66. The summed E-state index contributed by atoms with van der Waals surface area (Å²) in [5.74, 6) is -0.519. The summed E-state index contributed by atoms with van der Waals surface area (Å²) < 4.78 is 6.97. The zero-order valence-electron chi connectivity index (χ0n) is 15.8. The predicted octanol–water partition coefficient (Wildman–Crippen LogP) is 2.48. The summed E-state index contributed by atoms with van der Waals surface area (Å²) in [5.41, 5.74) is 4.85. The molecule has 28 heavy (non-hydrogen) atoms. The predicted molar refractivity (Wildman–Crippen MR) is 113 cm³/mol. The number of methoxy groups -OCH3 is 1. The summed E-state index contributed by atoms with van der Waals surface area (Å²) in [6.45, 7) is 4.31. The molecule has 1 aromatic carbocycles. The van der Waals surface area contributed by atoms with E-state index in [1.165, 1.54) is 16.6 Å². The van der Waals surface area contributed by atoms with E-state index in [9.17, 15) is 14.4 Å². The van der Waals surface area contributed by atoms with E-state index in [0.29, 0.717) is 11.0 Å². The summed E-state index contributed by atoms with van der Waals surface area (Å²) in [6.07, 6.45) is 0. The number of rotatable bonds is 7. The summed E-state index contributed by atoms with van der Waals surface area (Å²) in [7, 11) is 1.47. The first-order chi connectivity index (χ1) is 13.2. The molecule has 1 aromatic heterocycles. The van der Waals surface area contributed by atoms with Crippen molar-refractivity contribution in [2.24, 2.45) is 5.92 Å². The lowest BCUT2D eigenvalue weighted by Crippen LogP contribution is -2.43. The standard InChI is InChI=1S/C18H22BrClN4O4/c1-10(2)9-24-15(21)14(16(25)22-18(24)27)23(6-7-28-3)17(26)12-8-11(19)4-5-13(12)20/h4-5,8,10H,6-7,9,21H2,1-3H3,(H,22,25,27). The highest BCUT2D eigenvalue weighted by Gasteiger charge is 2.26. The van der Waals surface area contributed by atoms with E-state index in [1.54, 1.807) is 18.2 Å². The fourth-order valence-electron chi connectivity index (χ4n) is 2.69. The molecule has 2 aromatic rings. The maximum atomic E-state index is 13.2. The number of amides is 1. The van der Waals surface area contributed by atoms with Gasteiger partial charge in [-0.15, -0.1) is 0 Å². The number of nitrogen functional groups attached to an aromatic ring is 1. The van der Waals surface area contributed by atoms with Gasteiger partial charge in [0.2, 0.25) is 0 Å². The Morgan fingerprint density at radius 3 is 2.68 bits per heavy atom. The highest BCUT2D eigenvalue weighted by molar-refractivity contribution is 9.10. The zero-order chi connectivity index (χ0) is 21.0. The molecular weight excluding hydrogens is 452 g/mol. The Labute approximate surface area is 175 Å². The van der Waals surface area contributed by atoms with E-state index in [-0.39, 0.29) is 41.2 Å². The maximum Gasteiger partial charge on any atom is 0.330 e. The maximum absolute atomic E-state index is 13.2. The number of hydrogen-bond acceptors (Lipinski definition) is 5. The fourth-order valence-corrected chi connectivity index (χ4v) is 3.25. The Kier molecular flexibility index (Phi) is 7.45. The third-order valence-electron chi connectivity index (χ3n) is 3.95. The fraction of sp³-hybridized carbons (Fsp3) is 0.389. The Bertz CT molecular complexity index is 987. The molecule has 152 valence electrons. The van der Waals surface area contributed by atoms with Gasteiger partial charge in [0.05, 0.1) is 17.2 Å². The molecule has 3 N–H and O–H groups in total. The zero-order valence-corrected chi connectivity index (χ0v) is 18.1. The number of halogens is 2. The smallest absolute Gasteiger partial charge is 0.330 e. The van der Waals surface area contributed by atoms with Crippen LogP contribution in [-0.2, 0) is 11.3 Å². The van der Waals surface area contributed by atoms with Crippen LogP contribution in [0.2, 0.25) is 5.02 Å². The van der Waals surface area contributed by atoms with Crippen LogP contribution in [0.25, 0.3) is 0 Å². The van der Waals surface area contributed by atoms with Crippen LogP contribution in [-0.4, -0.2) is 35.7 Å². The number of ether oxygens (including phenoxy) is 1. The lowest BCUT2D eigenvalue weighted by molar-refractivity contribution is 0.0975. The van der Waals surface area contributed by atoms with Crippen molar-refractivity contribution in [1.29, 1.82) is 0 Å². The molecule has 0 aliphatic heterocycles. The largest absolute Gasteiger partial charge is 0.383 e. The number of anilines is 2. The molecule has 1 amide bonds. The van der Waals surface area contributed by atoms with E-state index in [0.717, 1.165) is 0 Å². The number of aromatic amines is 1. The van der Waals surface area contributed by atoms with Crippen molar-refractivity contribution in [2.75, 3.05) is 30.9 Å². The van der Waals surface area contributed by atoms with Crippen LogP contribution in [0.3, 0.4) is 0 Å². The number of aromatic nitrogens is 2. The van der Waals surface area contributed by atoms with Crippen molar-refractivity contribution in [2.45, 2.75) is 20.4 Å². The summed E-state index contributed by atoms with van der Waals surface area (Å²) in [6, 6.07) is 4.82. The molecule has 0 spiro atoms. The molecule has 0 bridgehead atoms. The number of nitrogens with two attached hydrogens (primary N) is 1. The first-order valence-corrected chi connectivity index (χ1v) is 9.72. The Morgan fingerprint density at radius 2 is 2.07 bits per heavy atom. The minimum atomic E-state index is -0.752. The van der Waals surface area contributed by atoms with E-state index in [1.807, 2.05) is 13.8 Å². The minimum Gasteiger partial charge on any atom is -0.383 e. The van der Waals surface area contributed by atoms with Gasteiger partial charge in [0, 0.05) is 24.7 Å². The number of H-pyrrole nitrogens is 1. The molecule has 0 atom stereocenters. The third-order valence-corrected chi connectivity index (χ3v) is 4.78. The van der Waals surface area contributed by atoms with Crippen LogP contribution in [0.4, 0.5) is 11.5 Å². The van der Waals surface area contributed by atoms with Gasteiger partial charge >= 0.3 is 5.69 Å². The molecule has 8 nitrogen and oxygen atoms in total. The second-order valence-electron chi connectivity index (χ2n) is 6.57. The van der Waals surface area contributed by atoms with E-state index in [2.05, 4.69) is 20.9 Å². The van der Waals surface area contributed by atoms with Crippen LogP contribution in [0, 0.1) is 5.92 Å². The quantitative estimate of drug-likeness (QED) is 0.642. The number of nitrogens with zero attached hydrogens (tertiary/aromatic N) is 2. The van der Waals surface area contributed by atoms with Gasteiger partial charge in [-0.05, 0) is 24.1 Å². The molecular formula is C18H22BrClN4O4. The number of hydrogen-bond donors (Lipinski definition) is 2. The summed E-state index contributed by atoms with van der Waals surface area (Å²) in [5, 5.41) is 0.223. The van der Waals surface area contributed by atoms with Gasteiger partial charge < -0.3 is 10.5 Å². The molecule has 0 radical (unpaired) electrons. The topological polar surface area (TPSA) is 110 Å². The van der Waals surface area contributed by atoms with Gasteiger partial charge in [0.25, 0.3) is 11.5 Å². The van der Waals surface area contributed by atoms with Crippen LogP contribution in [0.15, 0.2) is 32.3 Å². The number of benzene rings is 1. The molecule has 0 fully saturated rings. The first-order valence-electron chi connectivity index (χ1n) is 8.55. The van der Waals surface area contributed by atoms with E-state index < -0.39 is 17.2 Å². The highest BCUT2D eigenvalue weighted by Crippen LogP contribution is 2.26. The number of nitrogens with one attached hydrogen (secondary N) is 1. The number of carbonyl (C=O) groups is 1. The van der Waals surface area contributed by atoms with Crippen molar-refractivity contribution in [1.82, 2.24) is 9.55 Å². The SMILES string of the molecule is COCCN(C(=O)c1cc(Br)ccc1Cl)c1c(N)n(CC(C)C)c(=O)[nH]c1=O. The second kappa shape index (κ2) is 9.40. The van der Waals surface area contributed by atoms with Gasteiger partial charge in [0.1, 0.15) is 5.82 Å². The van der Waals surface area contributed by atoms with Gasteiger partial charge in [-0.1, -0.05) is 41.4 Å². The molecule has 2 rings (SSSR count). The van der Waals surface area contributed by atoms with Crippen LogP contribution in [0.5, 0.6) is 0 Å². The van der Waals surface area contributed by atoms with Gasteiger partial charge in [-0.2, -0.15) is 0 Å². The third kappa shape index (κ3) is 4.84. The van der Waals surface area contributed by atoms with Crippen molar-refractivity contribution in [3.8, 4) is 0 Å². The van der Waals surface area contributed by atoms with Gasteiger partial charge in [-0.25, -0.2) is 4.79 Å². The van der Waals surface area contributed by atoms with Crippen LogP contribution < -0.4 is 21.9 Å². The van der Waals surface area contributed by atoms with Crippen molar-refractivity contribution >= 4 is 44.9 Å². The first kappa shape index (κ1) is 22.2. The lowest BCUT2D eigenvalue weighted by Gasteiger charge is -2.25. The molecule has 0 saturated heterocycles. The normalized spacial score (nSPS) is 11.1. The molecule has 0 aliphatic carbocycles. The molecule has 0 unspecified atom stereocenters. The Morgan fingerprint density at radius 1 is 1.39 bits per heavy atom. The van der Waals surface area contributed by atoms with Crippen molar-refractivity contribution in [3.05, 3.63) is 54.1 Å².